The van der Waals surface area contributed by atoms with Gasteiger partial charge in [-0.2, -0.15) is 0 Å². The van der Waals surface area contributed by atoms with Gasteiger partial charge in [0.1, 0.15) is 0 Å². The molecule has 4 heteroatoms. The lowest BCUT2D eigenvalue weighted by Crippen LogP contribution is -2.50. The van der Waals surface area contributed by atoms with Crippen molar-refractivity contribution in [1.29, 1.82) is 0 Å². The molecule has 0 aromatic heterocycles. The van der Waals surface area contributed by atoms with Crippen LogP contribution < -0.4 is 10.6 Å². The van der Waals surface area contributed by atoms with Crippen LogP contribution in [0.1, 0.15) is 39.5 Å². The van der Waals surface area contributed by atoms with Gasteiger partial charge in [0.25, 0.3) is 0 Å². The zero-order chi connectivity index (χ0) is 13.1. The Morgan fingerprint density at radius 3 is 2.33 bits per heavy atom. The van der Waals surface area contributed by atoms with Gasteiger partial charge in [-0.1, -0.05) is 0 Å². The number of hydrogen-bond donors (Lipinski definition) is 2. The summed E-state index contributed by atoms with van der Waals surface area (Å²) in [5.41, 5.74) is 0. The molecule has 2 fully saturated rings. The molecule has 2 rings (SSSR count). The van der Waals surface area contributed by atoms with E-state index in [9.17, 15) is 4.79 Å². The Bertz CT molecular complexity index is 283. The van der Waals surface area contributed by atoms with E-state index in [4.69, 9.17) is 0 Å². The van der Waals surface area contributed by atoms with Crippen LogP contribution in [0.2, 0.25) is 0 Å². The topological polar surface area (TPSA) is 44.4 Å². The highest BCUT2D eigenvalue weighted by Crippen LogP contribution is 2.21. The van der Waals surface area contributed by atoms with Crippen molar-refractivity contribution >= 4 is 5.91 Å². The second kappa shape index (κ2) is 6.02. The average molecular weight is 253 g/mol. The molecule has 0 aromatic rings. The van der Waals surface area contributed by atoms with Gasteiger partial charge >= 0.3 is 0 Å². The molecule has 1 saturated carbocycles. The number of carbonyl (C=O) groups is 1. The van der Waals surface area contributed by atoms with Crippen LogP contribution in [0.3, 0.4) is 0 Å². The lowest BCUT2D eigenvalue weighted by Gasteiger charge is -2.34. The molecule has 1 aliphatic heterocycles. The third kappa shape index (κ3) is 3.95. The van der Waals surface area contributed by atoms with E-state index in [-0.39, 0.29) is 11.9 Å². The summed E-state index contributed by atoms with van der Waals surface area (Å²) < 4.78 is 0. The molecule has 2 atom stereocenters. The summed E-state index contributed by atoms with van der Waals surface area (Å²) in [5.74, 6) is 0.870. The monoisotopic (exact) mass is 253 g/mol. The molecular weight excluding hydrogens is 226 g/mol. The van der Waals surface area contributed by atoms with Gasteiger partial charge < -0.3 is 15.5 Å². The van der Waals surface area contributed by atoms with Crippen LogP contribution in [-0.4, -0.2) is 49.1 Å². The van der Waals surface area contributed by atoms with Crippen LogP contribution >= 0.6 is 0 Å². The Morgan fingerprint density at radius 1 is 1.17 bits per heavy atom. The molecule has 104 valence electrons. The molecule has 0 aromatic carbocycles. The summed E-state index contributed by atoms with van der Waals surface area (Å²) in [5, 5.41) is 6.53. The maximum Gasteiger partial charge on any atom is 0.237 e. The van der Waals surface area contributed by atoms with Crippen molar-refractivity contribution in [3.05, 3.63) is 0 Å². The Hall–Kier alpha value is -0.610. The minimum Gasteiger partial charge on any atom is -0.352 e. The molecule has 2 N–H and O–H groups in total. The predicted octanol–water partition coefficient (Wildman–Crippen LogP) is 0.973. The van der Waals surface area contributed by atoms with Crippen molar-refractivity contribution < 1.29 is 4.79 Å². The molecule has 18 heavy (non-hydrogen) atoms. The van der Waals surface area contributed by atoms with E-state index in [0.717, 1.165) is 12.8 Å². The normalized spacial score (nSPS) is 25.7. The highest BCUT2D eigenvalue weighted by Gasteiger charge is 2.28. The number of carbonyl (C=O) groups excluding carboxylic acids is 1. The third-order valence-electron chi connectivity index (χ3n) is 4.30. The van der Waals surface area contributed by atoms with E-state index in [0.29, 0.717) is 18.0 Å². The van der Waals surface area contributed by atoms with Crippen LogP contribution in [-0.2, 0) is 4.79 Å². The number of nitrogens with one attached hydrogen (secondary N) is 2. The smallest absolute Gasteiger partial charge is 0.237 e. The number of hydrogen-bond acceptors (Lipinski definition) is 3. The van der Waals surface area contributed by atoms with Gasteiger partial charge in [-0.15, -0.1) is 0 Å². The molecular formula is C14H27N3O. The molecule has 0 bridgehead atoms. The molecule has 1 saturated heterocycles. The Kier molecular flexibility index (Phi) is 4.62. The van der Waals surface area contributed by atoms with Crippen LogP contribution in [0.5, 0.6) is 0 Å². The van der Waals surface area contributed by atoms with Gasteiger partial charge in [-0.25, -0.2) is 0 Å². The first kappa shape index (κ1) is 13.8. The number of rotatable bonds is 5. The van der Waals surface area contributed by atoms with Gasteiger partial charge in [0.15, 0.2) is 0 Å². The van der Waals surface area contributed by atoms with Crippen LogP contribution in [0, 0.1) is 5.92 Å². The van der Waals surface area contributed by atoms with Gasteiger partial charge in [-0.3, -0.25) is 4.79 Å². The van der Waals surface area contributed by atoms with Crippen molar-refractivity contribution in [3.63, 3.8) is 0 Å². The second-order valence-electron chi connectivity index (χ2n) is 6.10. The van der Waals surface area contributed by atoms with E-state index in [1.54, 1.807) is 0 Å². The molecule has 1 aliphatic carbocycles. The van der Waals surface area contributed by atoms with Gasteiger partial charge in [0.2, 0.25) is 5.91 Å². The Balaban J connectivity index is 1.71. The number of piperidine rings is 1. The fraction of sp³-hybridized carbons (Fsp3) is 0.929. The number of nitrogens with zero attached hydrogens (tertiary/aromatic N) is 1. The Labute approximate surface area is 110 Å². The van der Waals surface area contributed by atoms with Crippen molar-refractivity contribution in [2.75, 3.05) is 20.1 Å². The van der Waals surface area contributed by atoms with E-state index in [1.165, 1.54) is 25.9 Å². The summed E-state index contributed by atoms with van der Waals surface area (Å²) in [6.45, 7) is 6.55. The number of amides is 1. The number of likely N-dealkylation sites (tertiary alicyclic amines) is 1. The lowest BCUT2D eigenvalue weighted by molar-refractivity contribution is -0.123. The van der Waals surface area contributed by atoms with Gasteiger partial charge in [0, 0.05) is 12.1 Å². The first-order chi connectivity index (χ1) is 8.56. The SMILES string of the molecule is CC(NC(C)C1CCN(C)CC1)C(=O)NC1CC1. The van der Waals surface area contributed by atoms with Crippen molar-refractivity contribution in [3.8, 4) is 0 Å². The summed E-state index contributed by atoms with van der Waals surface area (Å²) in [6.07, 6.45) is 4.79. The molecule has 2 unspecified atom stereocenters. The fourth-order valence-corrected chi connectivity index (χ4v) is 2.69. The minimum atomic E-state index is -0.0692. The highest BCUT2D eigenvalue weighted by atomic mass is 16.2. The Morgan fingerprint density at radius 2 is 1.78 bits per heavy atom. The third-order valence-corrected chi connectivity index (χ3v) is 4.30. The standard InChI is InChI=1S/C14H27N3O/c1-10(12-6-8-17(3)9-7-12)15-11(2)14(18)16-13-4-5-13/h10-13,15H,4-9H2,1-3H3,(H,16,18). The summed E-state index contributed by atoms with van der Waals surface area (Å²) in [7, 11) is 2.18. The molecule has 4 nitrogen and oxygen atoms in total. The van der Waals surface area contributed by atoms with Gasteiger partial charge in [0.05, 0.1) is 6.04 Å². The maximum atomic E-state index is 11.9. The molecule has 2 aliphatic rings. The fourth-order valence-electron chi connectivity index (χ4n) is 2.69. The zero-order valence-corrected chi connectivity index (χ0v) is 11.9. The van der Waals surface area contributed by atoms with E-state index < -0.39 is 0 Å². The largest absolute Gasteiger partial charge is 0.352 e. The van der Waals surface area contributed by atoms with Gasteiger partial charge in [-0.05, 0) is 65.6 Å². The maximum absolute atomic E-state index is 11.9. The average Bonchev–Trinajstić information content (AvgIpc) is 3.13. The van der Waals surface area contributed by atoms with Crippen molar-refractivity contribution in [2.24, 2.45) is 5.92 Å². The molecule has 1 amide bonds. The first-order valence-electron chi connectivity index (χ1n) is 7.31. The molecule has 0 spiro atoms. The zero-order valence-electron chi connectivity index (χ0n) is 11.9. The van der Waals surface area contributed by atoms with E-state index in [1.807, 2.05) is 6.92 Å². The van der Waals surface area contributed by atoms with Crippen molar-refractivity contribution in [2.45, 2.75) is 57.7 Å². The molecule has 0 radical (unpaired) electrons. The van der Waals surface area contributed by atoms with Crippen LogP contribution in [0.15, 0.2) is 0 Å². The van der Waals surface area contributed by atoms with Crippen molar-refractivity contribution in [1.82, 2.24) is 15.5 Å². The first-order valence-corrected chi connectivity index (χ1v) is 7.31. The summed E-state index contributed by atoms with van der Waals surface area (Å²) >= 11 is 0. The lowest BCUT2D eigenvalue weighted by atomic mass is 9.90. The van der Waals surface area contributed by atoms with E-state index >= 15 is 0 Å². The molecule has 1 heterocycles. The summed E-state index contributed by atoms with van der Waals surface area (Å²) in [4.78, 5) is 14.3. The van der Waals surface area contributed by atoms with Crippen LogP contribution in [0.4, 0.5) is 0 Å². The second-order valence-corrected chi connectivity index (χ2v) is 6.10. The summed E-state index contributed by atoms with van der Waals surface area (Å²) in [6, 6.07) is 0.819. The quantitative estimate of drug-likeness (QED) is 0.767. The van der Waals surface area contributed by atoms with Crippen LogP contribution in [0.25, 0.3) is 0 Å². The predicted molar refractivity (Wildman–Crippen MR) is 73.4 cm³/mol. The van der Waals surface area contributed by atoms with E-state index in [2.05, 4.69) is 29.5 Å². The highest BCUT2D eigenvalue weighted by molar-refractivity contribution is 5.81. The minimum absolute atomic E-state index is 0.0692.